The number of halogens is 4. The standard InChI is InChI=1S/C12H8BrF3N2O2S/c1-21(19,20)11-17-9(6-10(13)18-11)7-3-2-4-8(5-7)12(14,15)16/h2-6H,1H3. The van der Waals surface area contributed by atoms with Crippen LogP contribution in [0.5, 0.6) is 0 Å². The van der Waals surface area contributed by atoms with Crippen molar-refractivity contribution in [3.05, 3.63) is 40.5 Å². The summed E-state index contributed by atoms with van der Waals surface area (Å²) in [4.78, 5) is 7.50. The van der Waals surface area contributed by atoms with E-state index in [1.54, 1.807) is 0 Å². The van der Waals surface area contributed by atoms with Gasteiger partial charge in [-0.15, -0.1) is 0 Å². The van der Waals surface area contributed by atoms with E-state index in [0.717, 1.165) is 18.4 Å². The summed E-state index contributed by atoms with van der Waals surface area (Å²) in [6, 6.07) is 5.83. The molecule has 21 heavy (non-hydrogen) atoms. The molecule has 0 radical (unpaired) electrons. The average Bonchev–Trinajstić information content (AvgIpc) is 2.36. The molecule has 112 valence electrons. The molecular weight excluding hydrogens is 373 g/mol. The first kappa shape index (κ1) is 15.9. The molecule has 0 unspecified atom stereocenters. The average molecular weight is 381 g/mol. The number of hydrogen-bond donors (Lipinski definition) is 0. The molecule has 0 aliphatic heterocycles. The molecular formula is C12H8BrF3N2O2S. The molecule has 0 saturated heterocycles. The van der Waals surface area contributed by atoms with Gasteiger partial charge >= 0.3 is 6.18 Å². The number of sulfone groups is 1. The highest BCUT2D eigenvalue weighted by Gasteiger charge is 2.30. The maximum absolute atomic E-state index is 12.7. The van der Waals surface area contributed by atoms with Crippen LogP contribution in [0.2, 0.25) is 0 Å². The van der Waals surface area contributed by atoms with E-state index in [1.807, 2.05) is 0 Å². The first-order valence-electron chi connectivity index (χ1n) is 5.49. The Hall–Kier alpha value is -1.48. The lowest BCUT2D eigenvalue weighted by Crippen LogP contribution is -2.06. The summed E-state index contributed by atoms with van der Waals surface area (Å²) >= 11 is 3.02. The summed E-state index contributed by atoms with van der Waals surface area (Å²) in [5.41, 5.74) is -0.600. The largest absolute Gasteiger partial charge is 0.416 e. The first-order valence-corrected chi connectivity index (χ1v) is 8.18. The normalized spacial score (nSPS) is 12.4. The third-order valence-electron chi connectivity index (χ3n) is 2.49. The second-order valence-corrected chi connectivity index (χ2v) is 6.93. The second-order valence-electron chi connectivity index (χ2n) is 4.21. The van der Waals surface area contributed by atoms with E-state index in [1.165, 1.54) is 18.2 Å². The van der Waals surface area contributed by atoms with Gasteiger partial charge < -0.3 is 0 Å². The van der Waals surface area contributed by atoms with Crippen LogP contribution in [-0.2, 0) is 16.0 Å². The van der Waals surface area contributed by atoms with Crippen molar-refractivity contribution >= 4 is 25.8 Å². The van der Waals surface area contributed by atoms with Crippen LogP contribution >= 0.6 is 15.9 Å². The summed E-state index contributed by atoms with van der Waals surface area (Å²) in [6.45, 7) is 0. The monoisotopic (exact) mass is 380 g/mol. The van der Waals surface area contributed by atoms with Crippen LogP contribution in [0, 0.1) is 0 Å². The van der Waals surface area contributed by atoms with Gasteiger partial charge in [-0.2, -0.15) is 13.2 Å². The lowest BCUT2D eigenvalue weighted by Gasteiger charge is -2.09. The lowest BCUT2D eigenvalue weighted by molar-refractivity contribution is -0.137. The van der Waals surface area contributed by atoms with Crippen molar-refractivity contribution in [2.75, 3.05) is 6.26 Å². The van der Waals surface area contributed by atoms with Gasteiger partial charge in [0.25, 0.3) is 0 Å². The van der Waals surface area contributed by atoms with Crippen LogP contribution in [0.15, 0.2) is 40.1 Å². The van der Waals surface area contributed by atoms with E-state index in [0.29, 0.717) is 0 Å². The quantitative estimate of drug-likeness (QED) is 0.592. The predicted octanol–water partition coefficient (Wildman–Crippen LogP) is 3.33. The van der Waals surface area contributed by atoms with Crippen LogP contribution < -0.4 is 0 Å². The fourth-order valence-corrected chi connectivity index (χ4v) is 2.60. The van der Waals surface area contributed by atoms with E-state index in [4.69, 9.17) is 0 Å². The molecule has 1 aromatic heterocycles. The van der Waals surface area contributed by atoms with Gasteiger partial charge in [0, 0.05) is 11.8 Å². The Labute approximate surface area is 127 Å². The Morgan fingerprint density at radius 3 is 2.38 bits per heavy atom. The molecule has 0 saturated carbocycles. The molecule has 2 aromatic rings. The van der Waals surface area contributed by atoms with Crippen molar-refractivity contribution < 1.29 is 21.6 Å². The fourth-order valence-electron chi connectivity index (χ4n) is 1.57. The third-order valence-corrected chi connectivity index (χ3v) is 3.74. The van der Waals surface area contributed by atoms with Crippen molar-refractivity contribution in [2.45, 2.75) is 11.3 Å². The van der Waals surface area contributed by atoms with Crippen LogP contribution in [0.1, 0.15) is 5.56 Å². The maximum Gasteiger partial charge on any atom is 0.416 e. The highest BCUT2D eigenvalue weighted by atomic mass is 79.9. The van der Waals surface area contributed by atoms with Crippen molar-refractivity contribution in [3.8, 4) is 11.3 Å². The van der Waals surface area contributed by atoms with Crippen LogP contribution in [0.25, 0.3) is 11.3 Å². The van der Waals surface area contributed by atoms with Crippen molar-refractivity contribution in [1.82, 2.24) is 9.97 Å². The predicted molar refractivity (Wildman–Crippen MR) is 73.3 cm³/mol. The molecule has 1 aromatic carbocycles. The fraction of sp³-hybridized carbons (Fsp3) is 0.167. The summed E-state index contributed by atoms with van der Waals surface area (Å²) in [6.07, 6.45) is -3.56. The highest BCUT2D eigenvalue weighted by Crippen LogP contribution is 2.32. The molecule has 0 N–H and O–H groups in total. The van der Waals surface area contributed by atoms with Gasteiger partial charge in [-0.05, 0) is 34.1 Å². The van der Waals surface area contributed by atoms with Crippen molar-refractivity contribution in [2.24, 2.45) is 0 Å². The number of hydrogen-bond acceptors (Lipinski definition) is 4. The van der Waals surface area contributed by atoms with E-state index in [9.17, 15) is 21.6 Å². The molecule has 0 aliphatic carbocycles. The van der Waals surface area contributed by atoms with Crippen molar-refractivity contribution in [3.63, 3.8) is 0 Å². The van der Waals surface area contributed by atoms with E-state index in [2.05, 4.69) is 25.9 Å². The topological polar surface area (TPSA) is 59.9 Å². The Kier molecular flexibility index (Phi) is 4.07. The zero-order chi connectivity index (χ0) is 15.8. The van der Waals surface area contributed by atoms with Crippen LogP contribution in [0.4, 0.5) is 13.2 Å². The molecule has 0 spiro atoms. The van der Waals surface area contributed by atoms with Gasteiger partial charge in [-0.3, -0.25) is 0 Å². The Morgan fingerprint density at radius 2 is 1.81 bits per heavy atom. The molecule has 0 fully saturated rings. The number of aromatic nitrogens is 2. The summed E-state index contributed by atoms with van der Waals surface area (Å²) in [5, 5.41) is -0.454. The first-order chi connectivity index (χ1) is 9.57. The number of alkyl halides is 3. The number of nitrogens with zero attached hydrogens (tertiary/aromatic N) is 2. The molecule has 0 atom stereocenters. The molecule has 9 heteroatoms. The lowest BCUT2D eigenvalue weighted by atomic mass is 10.1. The molecule has 2 rings (SSSR count). The zero-order valence-electron chi connectivity index (χ0n) is 10.5. The SMILES string of the molecule is CS(=O)(=O)c1nc(Br)cc(-c2cccc(C(F)(F)F)c2)n1. The highest BCUT2D eigenvalue weighted by molar-refractivity contribution is 9.10. The van der Waals surface area contributed by atoms with Gasteiger partial charge in [0.15, 0.2) is 0 Å². The minimum Gasteiger partial charge on any atom is -0.221 e. The molecule has 4 nitrogen and oxygen atoms in total. The van der Waals surface area contributed by atoms with E-state index in [-0.39, 0.29) is 15.9 Å². The van der Waals surface area contributed by atoms with Gasteiger partial charge in [-0.25, -0.2) is 18.4 Å². The Balaban J connectivity index is 2.60. The molecule has 0 bridgehead atoms. The van der Waals surface area contributed by atoms with E-state index < -0.39 is 26.7 Å². The van der Waals surface area contributed by atoms with Crippen molar-refractivity contribution in [1.29, 1.82) is 0 Å². The third kappa shape index (κ3) is 3.79. The van der Waals surface area contributed by atoms with Crippen LogP contribution in [-0.4, -0.2) is 24.6 Å². The van der Waals surface area contributed by atoms with Gasteiger partial charge in [0.2, 0.25) is 15.0 Å². The summed E-state index contributed by atoms with van der Waals surface area (Å²) < 4.78 is 61.2. The smallest absolute Gasteiger partial charge is 0.221 e. The summed E-state index contributed by atoms with van der Waals surface area (Å²) in [5.74, 6) is 0. The Morgan fingerprint density at radius 1 is 1.14 bits per heavy atom. The summed E-state index contributed by atoms with van der Waals surface area (Å²) in [7, 11) is -3.67. The van der Waals surface area contributed by atoms with Gasteiger partial charge in [0.1, 0.15) is 4.60 Å². The number of rotatable bonds is 2. The molecule has 0 amide bonds. The minimum absolute atomic E-state index is 0.0865. The van der Waals surface area contributed by atoms with Gasteiger partial charge in [-0.1, -0.05) is 12.1 Å². The second kappa shape index (κ2) is 5.38. The van der Waals surface area contributed by atoms with Gasteiger partial charge in [0.05, 0.1) is 11.3 Å². The van der Waals surface area contributed by atoms with E-state index >= 15 is 0 Å². The Bertz CT molecular complexity index is 791. The molecule has 1 heterocycles. The maximum atomic E-state index is 12.7. The minimum atomic E-state index is -4.49. The molecule has 0 aliphatic rings. The zero-order valence-corrected chi connectivity index (χ0v) is 12.9. The number of benzene rings is 1. The van der Waals surface area contributed by atoms with Crippen LogP contribution in [0.3, 0.4) is 0 Å².